The number of hydrazine groups is 1. The summed E-state index contributed by atoms with van der Waals surface area (Å²) in [6.45, 7) is -1.31. The molecule has 0 aromatic heterocycles. The summed E-state index contributed by atoms with van der Waals surface area (Å²) in [5, 5.41) is 0. The van der Waals surface area contributed by atoms with Crippen LogP contribution in [-0.4, -0.2) is 48.4 Å². The molecule has 1 aliphatic rings. The number of nitrogens with zero attached hydrogens (tertiary/aromatic N) is 1. The summed E-state index contributed by atoms with van der Waals surface area (Å²) in [6.07, 6.45) is -0.127. The number of carbonyl (C=O) groups is 3. The molecular formula is C23H24F3N3O5. The Morgan fingerprint density at radius 2 is 1.68 bits per heavy atom. The number of hydrogen-bond acceptors (Lipinski definition) is 5. The van der Waals surface area contributed by atoms with Gasteiger partial charge in [0.05, 0.1) is 11.5 Å². The zero-order valence-corrected chi connectivity index (χ0v) is 18.3. The highest BCUT2D eigenvalue weighted by Gasteiger charge is 2.31. The van der Waals surface area contributed by atoms with Crippen molar-refractivity contribution in [2.75, 3.05) is 13.1 Å². The van der Waals surface area contributed by atoms with E-state index < -0.39 is 42.2 Å². The lowest BCUT2D eigenvalue weighted by atomic mass is 9.96. The van der Waals surface area contributed by atoms with E-state index in [-0.39, 0.29) is 23.6 Å². The van der Waals surface area contributed by atoms with Gasteiger partial charge in [-0.3, -0.25) is 25.2 Å². The predicted molar refractivity (Wildman–Crippen MR) is 114 cm³/mol. The minimum absolute atomic E-state index is 0.0312. The number of hydrogen-bond donors (Lipinski definition) is 2. The lowest BCUT2D eigenvalue weighted by molar-refractivity contribution is -0.135. The fourth-order valence-electron chi connectivity index (χ4n) is 3.50. The first kappa shape index (κ1) is 24.9. The van der Waals surface area contributed by atoms with Gasteiger partial charge in [0.1, 0.15) is 5.75 Å². The van der Waals surface area contributed by atoms with E-state index in [1.807, 2.05) is 0 Å². The summed E-state index contributed by atoms with van der Waals surface area (Å²) < 4.78 is 48.7. The highest BCUT2D eigenvalue weighted by atomic mass is 19.3. The number of benzene rings is 2. The molecule has 182 valence electrons. The summed E-state index contributed by atoms with van der Waals surface area (Å²) in [6, 6.07) is 11.2. The van der Waals surface area contributed by atoms with Crippen molar-refractivity contribution in [3.63, 3.8) is 0 Å². The first-order valence-corrected chi connectivity index (χ1v) is 10.6. The van der Waals surface area contributed by atoms with Gasteiger partial charge >= 0.3 is 6.61 Å². The van der Waals surface area contributed by atoms with Crippen LogP contribution in [0.15, 0.2) is 48.5 Å². The maximum atomic E-state index is 13.7. The molecule has 0 radical (unpaired) electrons. The van der Waals surface area contributed by atoms with Crippen LogP contribution in [0.1, 0.15) is 30.1 Å². The van der Waals surface area contributed by atoms with Gasteiger partial charge in [-0.25, -0.2) is 4.39 Å². The van der Waals surface area contributed by atoms with Crippen LogP contribution in [0.4, 0.5) is 13.2 Å². The number of rotatable bonds is 7. The molecule has 1 heterocycles. The van der Waals surface area contributed by atoms with Gasteiger partial charge in [0, 0.05) is 13.1 Å². The van der Waals surface area contributed by atoms with E-state index in [0.29, 0.717) is 19.4 Å². The molecule has 2 aromatic carbocycles. The summed E-state index contributed by atoms with van der Waals surface area (Å²) in [5.74, 6) is -3.37. The molecule has 34 heavy (non-hydrogen) atoms. The monoisotopic (exact) mass is 479 g/mol. The van der Waals surface area contributed by atoms with E-state index in [1.54, 1.807) is 6.07 Å². The molecule has 1 saturated heterocycles. The number of ether oxygens (including phenoxy) is 2. The molecule has 1 fully saturated rings. The normalized spacial score (nSPS) is 16.5. The highest BCUT2D eigenvalue weighted by molar-refractivity contribution is 5.97. The molecule has 2 atom stereocenters. The lowest BCUT2D eigenvalue weighted by Gasteiger charge is -2.32. The van der Waals surface area contributed by atoms with Gasteiger partial charge in [-0.05, 0) is 44.0 Å². The molecule has 3 rings (SSSR count). The maximum Gasteiger partial charge on any atom is 0.387 e. The smallest absolute Gasteiger partial charge is 0.387 e. The van der Waals surface area contributed by atoms with Gasteiger partial charge in [0.2, 0.25) is 5.91 Å². The summed E-state index contributed by atoms with van der Waals surface area (Å²) >= 11 is 0. The van der Waals surface area contributed by atoms with Crippen LogP contribution in [0, 0.1) is 11.7 Å². The van der Waals surface area contributed by atoms with Crippen molar-refractivity contribution in [2.45, 2.75) is 32.5 Å². The van der Waals surface area contributed by atoms with Crippen LogP contribution < -0.4 is 20.3 Å². The highest BCUT2D eigenvalue weighted by Crippen LogP contribution is 2.25. The molecule has 0 bridgehead atoms. The van der Waals surface area contributed by atoms with Gasteiger partial charge in [0.15, 0.2) is 17.7 Å². The molecule has 8 nitrogen and oxygen atoms in total. The van der Waals surface area contributed by atoms with Crippen molar-refractivity contribution >= 4 is 17.7 Å². The van der Waals surface area contributed by atoms with Crippen LogP contribution in [-0.2, 0) is 9.59 Å². The van der Waals surface area contributed by atoms with Crippen molar-refractivity contribution in [1.29, 1.82) is 0 Å². The van der Waals surface area contributed by atoms with Gasteiger partial charge in [0.25, 0.3) is 11.8 Å². The fraction of sp³-hybridized carbons (Fsp3) is 0.348. The third-order valence-corrected chi connectivity index (χ3v) is 5.23. The first-order valence-electron chi connectivity index (χ1n) is 10.6. The number of alkyl halides is 2. The Labute approximate surface area is 194 Å². The van der Waals surface area contributed by atoms with Crippen molar-refractivity contribution in [3.05, 3.63) is 59.9 Å². The third kappa shape index (κ3) is 6.40. The largest absolute Gasteiger partial charge is 0.478 e. The zero-order valence-electron chi connectivity index (χ0n) is 18.3. The number of amides is 3. The standard InChI is InChI=1S/C23H24F3N3O5/c1-14(33-19-11-5-3-9-17(19)24)20(30)27-28-21(31)15-7-6-12-29(13-15)22(32)16-8-2-4-10-18(16)34-23(25)26/h2-5,8-11,14-15,23H,6-7,12-13H2,1H3,(H,27,30)(H,28,31). The topological polar surface area (TPSA) is 97.0 Å². The summed E-state index contributed by atoms with van der Waals surface area (Å²) in [5.41, 5.74) is 4.50. The fourth-order valence-corrected chi connectivity index (χ4v) is 3.50. The number of para-hydroxylation sites is 2. The van der Waals surface area contributed by atoms with Crippen LogP contribution in [0.5, 0.6) is 11.5 Å². The van der Waals surface area contributed by atoms with E-state index >= 15 is 0 Å². The average Bonchev–Trinajstić information content (AvgIpc) is 2.83. The zero-order chi connectivity index (χ0) is 24.7. The molecule has 0 aliphatic carbocycles. The molecule has 3 amide bonds. The SMILES string of the molecule is CC(Oc1ccccc1F)C(=O)NNC(=O)C1CCCN(C(=O)c2ccccc2OC(F)F)C1. The Hall–Kier alpha value is -3.76. The van der Waals surface area contributed by atoms with Crippen molar-refractivity contribution in [2.24, 2.45) is 5.92 Å². The Kier molecular flexibility index (Phi) is 8.34. The lowest BCUT2D eigenvalue weighted by Crippen LogP contribution is -2.52. The summed E-state index contributed by atoms with van der Waals surface area (Å²) in [4.78, 5) is 39.0. The molecule has 2 unspecified atom stereocenters. The minimum Gasteiger partial charge on any atom is -0.478 e. The van der Waals surface area contributed by atoms with Crippen molar-refractivity contribution in [1.82, 2.24) is 15.8 Å². The van der Waals surface area contributed by atoms with E-state index in [4.69, 9.17) is 4.74 Å². The number of nitrogens with one attached hydrogen (secondary N) is 2. The van der Waals surface area contributed by atoms with Crippen LogP contribution >= 0.6 is 0 Å². The minimum atomic E-state index is -3.08. The predicted octanol–water partition coefficient (Wildman–Crippen LogP) is 2.89. The second-order valence-electron chi connectivity index (χ2n) is 7.63. The molecular weight excluding hydrogens is 455 g/mol. The maximum absolute atomic E-state index is 13.7. The number of likely N-dealkylation sites (tertiary alicyclic amines) is 1. The number of carbonyl (C=O) groups excluding carboxylic acids is 3. The third-order valence-electron chi connectivity index (χ3n) is 5.23. The van der Waals surface area contributed by atoms with Gasteiger partial charge < -0.3 is 14.4 Å². The Bertz CT molecular complexity index is 1040. The summed E-state index contributed by atoms with van der Waals surface area (Å²) in [7, 11) is 0. The second-order valence-corrected chi connectivity index (χ2v) is 7.63. The van der Waals surface area contributed by atoms with Gasteiger partial charge in [-0.1, -0.05) is 24.3 Å². The quantitative estimate of drug-likeness (QED) is 0.596. The van der Waals surface area contributed by atoms with Gasteiger partial charge in [-0.15, -0.1) is 0 Å². The van der Waals surface area contributed by atoms with Crippen molar-refractivity contribution in [3.8, 4) is 11.5 Å². The van der Waals surface area contributed by atoms with E-state index in [0.717, 1.165) is 0 Å². The van der Waals surface area contributed by atoms with Crippen LogP contribution in [0.2, 0.25) is 0 Å². The van der Waals surface area contributed by atoms with E-state index in [1.165, 1.54) is 54.3 Å². The number of piperidine rings is 1. The van der Waals surface area contributed by atoms with Crippen LogP contribution in [0.3, 0.4) is 0 Å². The molecule has 11 heteroatoms. The van der Waals surface area contributed by atoms with Gasteiger partial charge in [-0.2, -0.15) is 8.78 Å². The Morgan fingerprint density at radius 1 is 1.00 bits per heavy atom. The van der Waals surface area contributed by atoms with E-state index in [9.17, 15) is 27.6 Å². The van der Waals surface area contributed by atoms with Crippen molar-refractivity contribution < 1.29 is 37.0 Å². The first-order chi connectivity index (χ1) is 16.3. The second kappa shape index (κ2) is 11.4. The molecule has 0 saturated carbocycles. The molecule has 2 N–H and O–H groups in total. The Balaban J connectivity index is 1.55. The molecule has 2 aromatic rings. The number of halogens is 3. The molecule has 1 aliphatic heterocycles. The Morgan fingerprint density at radius 3 is 2.38 bits per heavy atom. The average molecular weight is 479 g/mol. The van der Waals surface area contributed by atoms with Crippen LogP contribution in [0.25, 0.3) is 0 Å². The van der Waals surface area contributed by atoms with E-state index in [2.05, 4.69) is 15.6 Å². The molecule has 0 spiro atoms.